The summed E-state index contributed by atoms with van der Waals surface area (Å²) in [6.45, 7) is 14.0. The normalized spacial score (nSPS) is 17.8. The van der Waals surface area contributed by atoms with Gasteiger partial charge in [0.15, 0.2) is 0 Å². The summed E-state index contributed by atoms with van der Waals surface area (Å²) in [5, 5.41) is 0. The molecular formula is C25H37N3O4. The lowest BCUT2D eigenvalue weighted by Gasteiger charge is -2.36. The Morgan fingerprint density at radius 3 is 2.22 bits per heavy atom. The highest BCUT2D eigenvalue weighted by Crippen LogP contribution is 2.33. The van der Waals surface area contributed by atoms with E-state index in [1.807, 2.05) is 38.1 Å². The number of carbonyl (C=O) groups excluding carboxylic acids is 2. The molecule has 2 aliphatic heterocycles. The number of imide groups is 1. The van der Waals surface area contributed by atoms with E-state index in [1.54, 1.807) is 0 Å². The molecule has 0 spiro atoms. The van der Waals surface area contributed by atoms with E-state index in [1.165, 1.54) is 4.90 Å². The minimum absolute atomic E-state index is 0.132. The Kier molecular flexibility index (Phi) is 8.70. The maximum atomic E-state index is 13.4. The number of ether oxygens (including phenoxy) is 2. The molecular weight excluding hydrogens is 406 g/mol. The highest BCUT2D eigenvalue weighted by Gasteiger charge is 2.41. The molecule has 0 aliphatic carbocycles. The summed E-state index contributed by atoms with van der Waals surface area (Å²) in [5.74, 6) is 0.370. The fourth-order valence-electron chi connectivity index (χ4n) is 4.09. The Balaban J connectivity index is 1.84. The van der Waals surface area contributed by atoms with Gasteiger partial charge in [-0.05, 0) is 50.9 Å². The van der Waals surface area contributed by atoms with Crippen molar-refractivity contribution in [1.29, 1.82) is 0 Å². The van der Waals surface area contributed by atoms with Crippen molar-refractivity contribution in [2.24, 2.45) is 0 Å². The first-order chi connectivity index (χ1) is 15.5. The van der Waals surface area contributed by atoms with Crippen LogP contribution in [0.4, 0.5) is 0 Å². The lowest BCUT2D eigenvalue weighted by Crippen LogP contribution is -2.47. The van der Waals surface area contributed by atoms with Gasteiger partial charge in [-0.3, -0.25) is 14.5 Å². The second-order valence-electron chi connectivity index (χ2n) is 8.55. The van der Waals surface area contributed by atoms with Gasteiger partial charge in [-0.2, -0.15) is 0 Å². The van der Waals surface area contributed by atoms with Gasteiger partial charge in [0.2, 0.25) is 0 Å². The molecule has 2 aliphatic rings. The van der Waals surface area contributed by atoms with Crippen molar-refractivity contribution in [3.8, 4) is 5.75 Å². The standard InChI is InChI=1S/C25H37N3O4/c1-5-17-32-21-10-8-20(9-11-21)22-23(27-15-13-26(6-2)14-16-27)25(30)28(24(22)29)12-7-18-31-19(3)4/h8-11,19H,5-7,12-18H2,1-4H3. The molecule has 3 rings (SSSR count). The Bertz CT molecular complexity index is 811. The van der Waals surface area contributed by atoms with E-state index in [9.17, 15) is 9.59 Å². The van der Waals surface area contributed by atoms with E-state index >= 15 is 0 Å². The van der Waals surface area contributed by atoms with Gasteiger partial charge in [0, 0.05) is 39.3 Å². The van der Waals surface area contributed by atoms with Crippen molar-refractivity contribution in [1.82, 2.24) is 14.7 Å². The molecule has 2 heterocycles. The van der Waals surface area contributed by atoms with Crippen molar-refractivity contribution in [3.05, 3.63) is 35.5 Å². The Hall–Kier alpha value is -2.38. The molecule has 1 fully saturated rings. The predicted octanol–water partition coefficient (Wildman–Crippen LogP) is 3.01. The van der Waals surface area contributed by atoms with Gasteiger partial charge < -0.3 is 19.3 Å². The summed E-state index contributed by atoms with van der Waals surface area (Å²) in [4.78, 5) is 32.7. The zero-order chi connectivity index (χ0) is 23.1. The van der Waals surface area contributed by atoms with E-state index in [-0.39, 0.29) is 17.9 Å². The van der Waals surface area contributed by atoms with E-state index < -0.39 is 0 Å². The van der Waals surface area contributed by atoms with Gasteiger partial charge in [0.05, 0.1) is 18.3 Å². The summed E-state index contributed by atoms with van der Waals surface area (Å²) in [5.41, 5.74) is 1.81. The molecule has 0 atom stereocenters. The summed E-state index contributed by atoms with van der Waals surface area (Å²) in [7, 11) is 0. The summed E-state index contributed by atoms with van der Waals surface area (Å²) >= 11 is 0. The summed E-state index contributed by atoms with van der Waals surface area (Å²) < 4.78 is 11.3. The molecule has 7 heteroatoms. The summed E-state index contributed by atoms with van der Waals surface area (Å²) in [6, 6.07) is 7.53. The predicted molar refractivity (Wildman–Crippen MR) is 125 cm³/mol. The number of likely N-dealkylation sites (N-methyl/N-ethyl adjacent to an activating group) is 1. The van der Waals surface area contributed by atoms with Crippen LogP contribution in [0.25, 0.3) is 5.57 Å². The molecule has 0 bridgehead atoms. The van der Waals surface area contributed by atoms with E-state index in [0.29, 0.717) is 37.4 Å². The number of hydrogen-bond donors (Lipinski definition) is 0. The maximum absolute atomic E-state index is 13.4. The van der Waals surface area contributed by atoms with Crippen molar-refractivity contribution >= 4 is 17.4 Å². The van der Waals surface area contributed by atoms with Crippen molar-refractivity contribution in [2.75, 3.05) is 52.5 Å². The van der Waals surface area contributed by atoms with Gasteiger partial charge in [0.1, 0.15) is 11.4 Å². The number of benzene rings is 1. The quantitative estimate of drug-likeness (QED) is 0.387. The van der Waals surface area contributed by atoms with E-state index in [2.05, 4.69) is 23.6 Å². The lowest BCUT2D eigenvalue weighted by molar-refractivity contribution is -0.137. The van der Waals surface area contributed by atoms with Gasteiger partial charge in [0.25, 0.3) is 11.8 Å². The molecule has 1 saturated heterocycles. The van der Waals surface area contributed by atoms with Gasteiger partial charge >= 0.3 is 0 Å². The zero-order valence-corrected chi connectivity index (χ0v) is 19.9. The smallest absolute Gasteiger partial charge is 0.277 e. The highest BCUT2D eigenvalue weighted by atomic mass is 16.5. The number of rotatable bonds is 11. The monoisotopic (exact) mass is 443 g/mol. The third-order valence-electron chi connectivity index (χ3n) is 5.87. The number of nitrogens with zero attached hydrogens (tertiary/aromatic N) is 3. The Morgan fingerprint density at radius 1 is 0.938 bits per heavy atom. The first kappa shape index (κ1) is 24.3. The minimum atomic E-state index is -0.213. The van der Waals surface area contributed by atoms with Crippen LogP contribution in [0.1, 0.15) is 46.1 Å². The van der Waals surface area contributed by atoms with Crippen LogP contribution in [0.3, 0.4) is 0 Å². The maximum Gasteiger partial charge on any atom is 0.277 e. The molecule has 0 radical (unpaired) electrons. The van der Waals surface area contributed by atoms with Crippen LogP contribution in [0.15, 0.2) is 30.0 Å². The van der Waals surface area contributed by atoms with Crippen LogP contribution in [0, 0.1) is 0 Å². The van der Waals surface area contributed by atoms with Crippen LogP contribution in [0.5, 0.6) is 5.75 Å². The highest BCUT2D eigenvalue weighted by molar-refractivity contribution is 6.35. The van der Waals surface area contributed by atoms with Crippen molar-refractivity contribution in [3.63, 3.8) is 0 Å². The molecule has 0 aromatic heterocycles. The average Bonchev–Trinajstić information content (AvgIpc) is 3.05. The molecule has 0 saturated carbocycles. The van der Waals surface area contributed by atoms with Crippen LogP contribution in [-0.2, 0) is 14.3 Å². The van der Waals surface area contributed by atoms with Crippen molar-refractivity contribution < 1.29 is 19.1 Å². The Morgan fingerprint density at radius 2 is 1.62 bits per heavy atom. The molecule has 1 aromatic rings. The zero-order valence-electron chi connectivity index (χ0n) is 19.9. The molecule has 2 amide bonds. The average molecular weight is 444 g/mol. The third-order valence-corrected chi connectivity index (χ3v) is 5.87. The molecule has 176 valence electrons. The fraction of sp³-hybridized carbons (Fsp3) is 0.600. The van der Waals surface area contributed by atoms with E-state index in [0.717, 1.165) is 50.5 Å². The number of amides is 2. The largest absolute Gasteiger partial charge is 0.494 e. The molecule has 0 N–H and O–H groups in total. The van der Waals surface area contributed by atoms with Crippen LogP contribution < -0.4 is 4.74 Å². The van der Waals surface area contributed by atoms with Crippen LogP contribution >= 0.6 is 0 Å². The first-order valence-electron chi connectivity index (χ1n) is 11.9. The molecule has 32 heavy (non-hydrogen) atoms. The Labute approximate surface area is 191 Å². The first-order valence-corrected chi connectivity index (χ1v) is 11.9. The van der Waals surface area contributed by atoms with Crippen LogP contribution in [0.2, 0.25) is 0 Å². The molecule has 7 nitrogen and oxygen atoms in total. The fourth-order valence-corrected chi connectivity index (χ4v) is 4.09. The minimum Gasteiger partial charge on any atom is -0.494 e. The van der Waals surface area contributed by atoms with Crippen molar-refractivity contribution in [2.45, 2.75) is 46.6 Å². The molecule has 1 aromatic carbocycles. The second kappa shape index (κ2) is 11.5. The number of carbonyl (C=O) groups is 2. The number of hydrogen-bond acceptors (Lipinski definition) is 6. The SMILES string of the molecule is CCCOc1ccc(C2=C(N3CCN(CC)CC3)C(=O)N(CCCOC(C)C)C2=O)cc1. The molecule has 0 unspecified atom stereocenters. The van der Waals surface area contributed by atoms with Crippen LogP contribution in [-0.4, -0.2) is 85.1 Å². The summed E-state index contributed by atoms with van der Waals surface area (Å²) in [6.07, 6.45) is 1.69. The van der Waals surface area contributed by atoms with E-state index in [4.69, 9.17) is 9.47 Å². The number of piperazine rings is 1. The second-order valence-corrected chi connectivity index (χ2v) is 8.55. The lowest BCUT2D eigenvalue weighted by atomic mass is 10.0. The third kappa shape index (κ3) is 5.70. The topological polar surface area (TPSA) is 62.3 Å². The van der Waals surface area contributed by atoms with Gasteiger partial charge in [-0.15, -0.1) is 0 Å². The van der Waals surface area contributed by atoms with Gasteiger partial charge in [-0.1, -0.05) is 26.0 Å². The van der Waals surface area contributed by atoms with Gasteiger partial charge in [-0.25, -0.2) is 0 Å².